The molecule has 1 atom stereocenters. The van der Waals surface area contributed by atoms with Gasteiger partial charge in [-0.1, -0.05) is 37.0 Å². The Morgan fingerprint density at radius 1 is 1.42 bits per heavy atom. The number of thioether (sulfide) groups is 1. The molecule has 0 aliphatic heterocycles. The maximum absolute atomic E-state index is 8.55. The van der Waals surface area contributed by atoms with E-state index in [1.807, 2.05) is 6.07 Å². The first-order chi connectivity index (χ1) is 9.10. The summed E-state index contributed by atoms with van der Waals surface area (Å²) < 4.78 is 5.74. The highest BCUT2D eigenvalue weighted by Crippen LogP contribution is 2.38. The van der Waals surface area contributed by atoms with Gasteiger partial charge in [0, 0.05) is 16.3 Å². The fourth-order valence-corrected chi connectivity index (χ4v) is 2.87. The molecule has 1 aromatic carbocycles. The van der Waals surface area contributed by atoms with Crippen molar-refractivity contribution in [3.05, 3.63) is 27.7 Å². The van der Waals surface area contributed by atoms with Crippen molar-refractivity contribution < 1.29 is 4.74 Å². The molecule has 0 radical (unpaired) electrons. The molecule has 0 heterocycles. The number of hydrogen-bond acceptors (Lipinski definition) is 3. The lowest BCUT2D eigenvalue weighted by atomic mass is 9.97. The van der Waals surface area contributed by atoms with Crippen molar-refractivity contribution in [2.75, 3.05) is 12.4 Å². The Labute approximate surface area is 129 Å². The summed E-state index contributed by atoms with van der Waals surface area (Å²) in [7, 11) is 0. The topological polar surface area (TPSA) is 33.0 Å². The summed E-state index contributed by atoms with van der Waals surface area (Å²) in [5.74, 6) is 1.76. The molecule has 0 amide bonds. The monoisotopic (exact) mass is 317 g/mol. The Hall–Kier alpha value is -0.560. The van der Waals surface area contributed by atoms with Crippen molar-refractivity contribution >= 4 is 35.0 Å². The van der Waals surface area contributed by atoms with Gasteiger partial charge in [-0.15, -0.1) is 0 Å². The van der Waals surface area contributed by atoms with Gasteiger partial charge in [-0.3, -0.25) is 0 Å². The van der Waals surface area contributed by atoms with Gasteiger partial charge in [0.1, 0.15) is 11.2 Å². The van der Waals surface area contributed by atoms with E-state index in [-0.39, 0.29) is 5.92 Å². The van der Waals surface area contributed by atoms with Crippen molar-refractivity contribution in [1.29, 1.82) is 5.26 Å². The van der Waals surface area contributed by atoms with Crippen molar-refractivity contribution in [3.8, 4) is 11.2 Å². The molecular weight excluding hydrogens is 301 g/mol. The van der Waals surface area contributed by atoms with E-state index < -0.39 is 0 Å². The van der Waals surface area contributed by atoms with Gasteiger partial charge in [0.25, 0.3) is 0 Å². The van der Waals surface area contributed by atoms with Crippen molar-refractivity contribution in [2.45, 2.75) is 32.6 Å². The molecular formula is C14H17Cl2NOS. The molecule has 0 bridgehead atoms. The molecule has 0 aliphatic rings. The molecule has 0 aromatic heterocycles. The Morgan fingerprint density at radius 3 is 2.79 bits per heavy atom. The fraction of sp³-hybridized carbons (Fsp3) is 0.500. The fourth-order valence-electron chi connectivity index (χ4n) is 1.74. The van der Waals surface area contributed by atoms with Gasteiger partial charge < -0.3 is 4.74 Å². The van der Waals surface area contributed by atoms with Crippen molar-refractivity contribution in [1.82, 2.24) is 0 Å². The van der Waals surface area contributed by atoms with Gasteiger partial charge in [-0.05, 0) is 42.7 Å². The van der Waals surface area contributed by atoms with Crippen molar-refractivity contribution in [2.24, 2.45) is 0 Å². The van der Waals surface area contributed by atoms with Crippen LogP contribution < -0.4 is 4.74 Å². The Kier molecular flexibility index (Phi) is 7.45. The summed E-state index contributed by atoms with van der Waals surface area (Å²) in [6.07, 6.45) is 1.81. The molecule has 0 spiro atoms. The summed E-state index contributed by atoms with van der Waals surface area (Å²) in [5.41, 5.74) is 1.02. The van der Waals surface area contributed by atoms with E-state index in [0.717, 1.165) is 29.9 Å². The zero-order valence-electron chi connectivity index (χ0n) is 11.1. The SMILES string of the molecule is CCCOc1c(Cl)cc(Cl)cc1C(C)CCSC#N. The molecule has 104 valence electrons. The van der Waals surface area contributed by atoms with Gasteiger partial charge >= 0.3 is 0 Å². The number of hydrogen-bond donors (Lipinski definition) is 0. The summed E-state index contributed by atoms with van der Waals surface area (Å²) in [6, 6.07) is 3.61. The van der Waals surface area contributed by atoms with Crippen molar-refractivity contribution in [3.63, 3.8) is 0 Å². The first-order valence-electron chi connectivity index (χ1n) is 6.22. The summed E-state index contributed by atoms with van der Waals surface area (Å²) in [6.45, 7) is 4.78. The first-order valence-corrected chi connectivity index (χ1v) is 7.96. The Balaban J connectivity index is 2.92. The zero-order chi connectivity index (χ0) is 14.3. The number of thiocyanates is 1. The molecule has 1 unspecified atom stereocenters. The number of rotatable bonds is 7. The highest BCUT2D eigenvalue weighted by molar-refractivity contribution is 8.03. The largest absolute Gasteiger partial charge is 0.492 e. The van der Waals surface area contributed by atoms with Crippen LogP contribution in [-0.2, 0) is 0 Å². The van der Waals surface area contributed by atoms with Crippen LogP contribution in [0, 0.1) is 10.7 Å². The van der Waals surface area contributed by atoms with Crippen LogP contribution in [0.15, 0.2) is 12.1 Å². The van der Waals surface area contributed by atoms with E-state index in [9.17, 15) is 0 Å². The van der Waals surface area contributed by atoms with Crippen LogP contribution >= 0.6 is 35.0 Å². The summed E-state index contributed by atoms with van der Waals surface area (Å²) in [4.78, 5) is 0. The summed E-state index contributed by atoms with van der Waals surface area (Å²) >= 11 is 13.5. The van der Waals surface area contributed by atoms with Crippen LogP contribution in [-0.4, -0.2) is 12.4 Å². The zero-order valence-corrected chi connectivity index (χ0v) is 13.4. The Morgan fingerprint density at radius 2 is 2.16 bits per heavy atom. The van der Waals surface area contributed by atoms with E-state index in [2.05, 4.69) is 19.2 Å². The van der Waals surface area contributed by atoms with Crippen LogP contribution in [0.1, 0.15) is 38.2 Å². The van der Waals surface area contributed by atoms with Crippen LogP contribution in [0.4, 0.5) is 0 Å². The molecule has 0 fully saturated rings. The molecule has 5 heteroatoms. The highest BCUT2D eigenvalue weighted by Gasteiger charge is 2.16. The minimum absolute atomic E-state index is 0.254. The second-order valence-electron chi connectivity index (χ2n) is 4.28. The molecule has 0 aliphatic carbocycles. The summed E-state index contributed by atoms with van der Waals surface area (Å²) in [5, 5.41) is 11.8. The molecule has 1 rings (SSSR count). The van der Waals surface area contributed by atoms with E-state index in [4.69, 9.17) is 33.2 Å². The van der Waals surface area contributed by atoms with Gasteiger partial charge in [0.15, 0.2) is 0 Å². The molecule has 2 nitrogen and oxygen atoms in total. The number of ether oxygens (including phenoxy) is 1. The van der Waals surface area contributed by atoms with Gasteiger partial charge in [0.05, 0.1) is 11.6 Å². The van der Waals surface area contributed by atoms with Crippen LogP contribution in [0.25, 0.3) is 0 Å². The predicted molar refractivity (Wildman–Crippen MR) is 83.4 cm³/mol. The molecule has 1 aromatic rings. The standard InChI is InChI=1S/C14H17Cl2NOS/c1-3-5-18-14-12(7-11(15)8-13(14)16)10(2)4-6-19-9-17/h7-8,10H,3-6H2,1-2H3. The average Bonchev–Trinajstić information content (AvgIpc) is 2.37. The number of benzene rings is 1. The lowest BCUT2D eigenvalue weighted by Gasteiger charge is -2.18. The third-order valence-electron chi connectivity index (χ3n) is 2.74. The van der Waals surface area contributed by atoms with Gasteiger partial charge in [-0.2, -0.15) is 5.26 Å². The Bertz CT molecular complexity index is 459. The third kappa shape index (κ3) is 5.14. The maximum atomic E-state index is 8.55. The normalized spacial score (nSPS) is 11.9. The van der Waals surface area contributed by atoms with E-state index in [0.29, 0.717) is 16.7 Å². The van der Waals surface area contributed by atoms with E-state index in [1.165, 1.54) is 11.8 Å². The van der Waals surface area contributed by atoms with Crippen LogP contribution in [0.3, 0.4) is 0 Å². The quantitative estimate of drug-likeness (QED) is 0.492. The molecule has 0 saturated carbocycles. The first kappa shape index (κ1) is 16.5. The third-order valence-corrected chi connectivity index (χ3v) is 3.80. The second-order valence-corrected chi connectivity index (χ2v) is 6.01. The second kappa shape index (κ2) is 8.58. The minimum atomic E-state index is 0.254. The smallest absolute Gasteiger partial charge is 0.141 e. The number of nitrogens with zero attached hydrogens (tertiary/aromatic N) is 1. The molecule has 0 N–H and O–H groups in total. The number of halogens is 2. The van der Waals surface area contributed by atoms with Gasteiger partial charge in [0.2, 0.25) is 0 Å². The van der Waals surface area contributed by atoms with E-state index >= 15 is 0 Å². The maximum Gasteiger partial charge on any atom is 0.141 e. The molecule has 0 saturated heterocycles. The average molecular weight is 318 g/mol. The van der Waals surface area contributed by atoms with Crippen LogP contribution in [0.2, 0.25) is 10.0 Å². The molecule has 19 heavy (non-hydrogen) atoms. The highest BCUT2D eigenvalue weighted by atomic mass is 35.5. The predicted octanol–water partition coefficient (Wildman–Crippen LogP) is 5.49. The lowest BCUT2D eigenvalue weighted by molar-refractivity contribution is 0.312. The van der Waals surface area contributed by atoms with Gasteiger partial charge in [-0.25, -0.2) is 0 Å². The van der Waals surface area contributed by atoms with Crippen LogP contribution in [0.5, 0.6) is 5.75 Å². The minimum Gasteiger partial charge on any atom is -0.492 e. The number of nitriles is 1. The lowest BCUT2D eigenvalue weighted by Crippen LogP contribution is -2.03. The van der Waals surface area contributed by atoms with E-state index in [1.54, 1.807) is 6.07 Å².